The van der Waals surface area contributed by atoms with Crippen molar-refractivity contribution < 1.29 is 29.0 Å². The van der Waals surface area contributed by atoms with Crippen LogP contribution in [0.15, 0.2) is 85.0 Å². The molecule has 8 heteroatoms. The summed E-state index contributed by atoms with van der Waals surface area (Å²) in [5, 5.41) is 10.4. The van der Waals surface area contributed by atoms with Crippen LogP contribution in [0, 0.1) is 0 Å². The Morgan fingerprint density at radius 3 is 2.56 bits per heavy atom. The van der Waals surface area contributed by atoms with Crippen LogP contribution in [0.3, 0.4) is 0 Å². The van der Waals surface area contributed by atoms with E-state index in [1.165, 1.54) is 24.3 Å². The number of hydrogen-bond donors (Lipinski definition) is 2. The summed E-state index contributed by atoms with van der Waals surface area (Å²) in [6.45, 7) is 3.92. The van der Waals surface area contributed by atoms with E-state index in [-0.39, 0.29) is 17.7 Å². The molecule has 1 saturated heterocycles. The molecule has 0 unspecified atom stereocenters. The molecular formula is C28H24N2O6. The fourth-order valence-electron chi connectivity index (χ4n) is 3.82. The normalized spacial score (nSPS) is 14.0. The summed E-state index contributed by atoms with van der Waals surface area (Å²) >= 11 is 0. The van der Waals surface area contributed by atoms with Gasteiger partial charge in [0.25, 0.3) is 11.8 Å². The highest BCUT2D eigenvalue weighted by molar-refractivity contribution is 6.31. The van der Waals surface area contributed by atoms with Gasteiger partial charge in [0.2, 0.25) is 0 Å². The Kier molecular flexibility index (Phi) is 7.15. The van der Waals surface area contributed by atoms with Crippen LogP contribution in [-0.2, 0) is 22.6 Å². The number of para-hydroxylation sites is 1. The number of aromatic carboxylic acids is 1. The van der Waals surface area contributed by atoms with Crippen molar-refractivity contribution in [2.75, 3.05) is 12.1 Å². The minimum atomic E-state index is -1.02. The molecule has 2 amide bonds. The number of rotatable bonds is 9. The second-order valence-electron chi connectivity index (χ2n) is 7.97. The van der Waals surface area contributed by atoms with Crippen LogP contribution in [0.2, 0.25) is 0 Å². The topological polar surface area (TPSA) is 105 Å². The van der Waals surface area contributed by atoms with Crippen molar-refractivity contribution in [2.24, 2.45) is 0 Å². The van der Waals surface area contributed by atoms with Crippen molar-refractivity contribution in [1.82, 2.24) is 5.43 Å². The van der Waals surface area contributed by atoms with Gasteiger partial charge in [0.1, 0.15) is 12.2 Å². The number of methoxy groups -OCH3 is 1. The number of anilines is 1. The van der Waals surface area contributed by atoms with E-state index in [0.717, 1.165) is 5.56 Å². The maximum Gasteiger partial charge on any atom is 0.335 e. The largest absolute Gasteiger partial charge is 0.493 e. The van der Waals surface area contributed by atoms with Crippen molar-refractivity contribution in [3.05, 3.63) is 107 Å². The quantitative estimate of drug-likeness (QED) is 0.268. The van der Waals surface area contributed by atoms with Crippen LogP contribution in [0.25, 0.3) is 6.08 Å². The highest BCUT2D eigenvalue weighted by Crippen LogP contribution is 2.35. The van der Waals surface area contributed by atoms with Gasteiger partial charge in [-0.1, -0.05) is 36.4 Å². The Morgan fingerprint density at radius 1 is 1.08 bits per heavy atom. The number of allylic oxidation sites excluding steroid dienone is 1. The molecule has 8 nitrogen and oxygen atoms in total. The smallest absolute Gasteiger partial charge is 0.335 e. The molecule has 0 saturated carbocycles. The van der Waals surface area contributed by atoms with Crippen LogP contribution in [0.4, 0.5) is 5.69 Å². The molecule has 1 fully saturated rings. The van der Waals surface area contributed by atoms with Gasteiger partial charge in [0.15, 0.2) is 11.5 Å². The molecule has 2 N–H and O–H groups in total. The molecule has 0 spiro atoms. The summed E-state index contributed by atoms with van der Waals surface area (Å²) in [5.41, 5.74) is 5.29. The summed E-state index contributed by atoms with van der Waals surface area (Å²) in [4.78, 5) is 36.8. The van der Waals surface area contributed by atoms with E-state index in [4.69, 9.17) is 9.47 Å². The SMILES string of the molecule is C=CCc1cc(C=C2C(=O)NN(c3ccccc3)C2=O)cc(OC)c1OCc1cccc(C(=O)O)c1. The van der Waals surface area contributed by atoms with Gasteiger partial charge in [-0.2, -0.15) is 0 Å². The van der Waals surface area contributed by atoms with E-state index >= 15 is 0 Å². The van der Waals surface area contributed by atoms with Crippen LogP contribution in [-0.4, -0.2) is 30.0 Å². The molecule has 0 atom stereocenters. The standard InChI is InChI=1S/C28H24N2O6/c1-3-8-20-14-19(15-23-26(31)29-30(27(23)32)22-11-5-4-6-12-22)16-24(35-2)25(20)36-17-18-9-7-10-21(13-18)28(33)34/h3-7,9-16H,1,8,17H2,2H3,(H,29,31)(H,33,34). The molecule has 0 aliphatic carbocycles. The Hall–Kier alpha value is -4.85. The second kappa shape index (κ2) is 10.6. The number of amides is 2. The van der Waals surface area contributed by atoms with E-state index in [2.05, 4.69) is 12.0 Å². The van der Waals surface area contributed by atoms with Crippen LogP contribution >= 0.6 is 0 Å². The lowest BCUT2D eigenvalue weighted by atomic mass is 10.0. The maximum atomic E-state index is 12.9. The first-order chi connectivity index (χ1) is 17.4. The zero-order valence-corrected chi connectivity index (χ0v) is 19.6. The lowest BCUT2D eigenvalue weighted by Crippen LogP contribution is -2.35. The predicted molar refractivity (Wildman–Crippen MR) is 135 cm³/mol. The zero-order valence-electron chi connectivity index (χ0n) is 19.6. The molecule has 36 heavy (non-hydrogen) atoms. The number of hydrogen-bond acceptors (Lipinski definition) is 5. The highest BCUT2D eigenvalue weighted by Gasteiger charge is 2.34. The monoisotopic (exact) mass is 484 g/mol. The molecule has 0 radical (unpaired) electrons. The number of ether oxygens (including phenoxy) is 2. The van der Waals surface area contributed by atoms with Crippen molar-refractivity contribution in [3.8, 4) is 11.5 Å². The van der Waals surface area contributed by atoms with E-state index in [9.17, 15) is 19.5 Å². The number of carbonyl (C=O) groups excluding carboxylic acids is 2. The van der Waals surface area contributed by atoms with Crippen LogP contribution < -0.4 is 19.9 Å². The van der Waals surface area contributed by atoms with Gasteiger partial charge in [0.05, 0.1) is 18.4 Å². The van der Waals surface area contributed by atoms with Gasteiger partial charge < -0.3 is 14.6 Å². The molecule has 3 aromatic rings. The molecule has 3 aromatic carbocycles. The maximum absolute atomic E-state index is 12.9. The van der Waals surface area contributed by atoms with Gasteiger partial charge >= 0.3 is 5.97 Å². The van der Waals surface area contributed by atoms with Gasteiger partial charge in [-0.05, 0) is 60.0 Å². The van der Waals surface area contributed by atoms with Crippen LogP contribution in [0.5, 0.6) is 11.5 Å². The molecule has 182 valence electrons. The minimum absolute atomic E-state index is 0.00962. The van der Waals surface area contributed by atoms with Gasteiger partial charge in [-0.25, -0.2) is 9.80 Å². The number of nitrogens with zero attached hydrogens (tertiary/aromatic N) is 1. The average molecular weight is 485 g/mol. The first kappa shape index (κ1) is 24.3. The first-order valence-electron chi connectivity index (χ1n) is 11.1. The van der Waals surface area contributed by atoms with E-state index in [1.54, 1.807) is 60.7 Å². The van der Waals surface area contributed by atoms with Crippen molar-refractivity contribution in [1.29, 1.82) is 0 Å². The zero-order chi connectivity index (χ0) is 25.7. The van der Waals surface area contributed by atoms with Gasteiger partial charge in [-0.15, -0.1) is 6.58 Å². The fourth-order valence-corrected chi connectivity index (χ4v) is 3.82. The second-order valence-corrected chi connectivity index (χ2v) is 7.97. The lowest BCUT2D eigenvalue weighted by molar-refractivity contribution is -0.117. The Labute approximate surface area is 208 Å². The molecule has 1 aliphatic rings. The van der Waals surface area contributed by atoms with Crippen molar-refractivity contribution in [3.63, 3.8) is 0 Å². The number of benzene rings is 3. The third-order valence-corrected chi connectivity index (χ3v) is 5.51. The lowest BCUT2D eigenvalue weighted by Gasteiger charge is -2.16. The summed E-state index contributed by atoms with van der Waals surface area (Å²) in [7, 11) is 1.49. The Bertz CT molecular complexity index is 1360. The summed E-state index contributed by atoms with van der Waals surface area (Å²) in [6.07, 6.45) is 3.65. The fraction of sp³-hybridized carbons (Fsp3) is 0.107. The molecular weight excluding hydrogens is 460 g/mol. The van der Waals surface area contributed by atoms with Crippen LogP contribution in [0.1, 0.15) is 27.0 Å². The molecule has 1 heterocycles. The predicted octanol–water partition coefficient (Wildman–Crippen LogP) is 4.16. The number of nitrogens with one attached hydrogen (secondary N) is 1. The highest BCUT2D eigenvalue weighted by atomic mass is 16.5. The number of hydrazine groups is 1. The number of carboxylic acid groups (broad SMARTS) is 1. The summed E-state index contributed by atoms with van der Waals surface area (Å²) < 4.78 is 11.6. The van der Waals surface area contributed by atoms with Gasteiger partial charge in [0, 0.05) is 5.56 Å². The average Bonchev–Trinajstić information content (AvgIpc) is 3.17. The third-order valence-electron chi connectivity index (χ3n) is 5.51. The summed E-state index contributed by atoms with van der Waals surface area (Å²) in [6, 6.07) is 18.8. The molecule has 0 bridgehead atoms. The number of carbonyl (C=O) groups is 3. The Morgan fingerprint density at radius 2 is 1.86 bits per heavy atom. The molecule has 1 aliphatic heterocycles. The summed E-state index contributed by atoms with van der Waals surface area (Å²) in [5.74, 6) is -1.12. The van der Waals surface area contributed by atoms with Crippen molar-refractivity contribution >= 4 is 29.5 Å². The van der Waals surface area contributed by atoms with E-state index < -0.39 is 17.8 Å². The Balaban J connectivity index is 1.64. The first-order valence-corrected chi connectivity index (χ1v) is 11.1. The van der Waals surface area contributed by atoms with Crippen molar-refractivity contribution in [2.45, 2.75) is 13.0 Å². The van der Waals surface area contributed by atoms with E-state index in [0.29, 0.717) is 34.7 Å². The van der Waals surface area contributed by atoms with E-state index in [1.807, 2.05) is 6.07 Å². The van der Waals surface area contributed by atoms with Gasteiger partial charge in [-0.3, -0.25) is 15.0 Å². The number of carboxylic acids is 1. The molecule has 0 aromatic heterocycles. The third kappa shape index (κ3) is 5.12. The molecule has 4 rings (SSSR count). The minimum Gasteiger partial charge on any atom is -0.493 e.